The lowest BCUT2D eigenvalue weighted by Crippen LogP contribution is -2.52. The molecular weight excluding hydrogens is 458 g/mol. The summed E-state index contributed by atoms with van der Waals surface area (Å²) in [4.78, 5) is 0. The maximum Gasteiger partial charge on any atom is 0.209 e. The number of fused-ring (bicyclic) bond motifs is 1. The predicted molar refractivity (Wildman–Crippen MR) is 134 cm³/mol. The molecule has 0 radical (unpaired) electrons. The molecule has 34 heavy (non-hydrogen) atoms. The number of sulfonamides is 1. The number of rotatable bonds is 9. The molecule has 0 bridgehead atoms. The summed E-state index contributed by atoms with van der Waals surface area (Å²) >= 11 is 0. The first-order valence-electron chi connectivity index (χ1n) is 13.5. The number of nitrogens with one attached hydrogen (secondary N) is 2. The lowest BCUT2D eigenvalue weighted by Gasteiger charge is -2.46. The smallest absolute Gasteiger partial charge is 0.209 e. The van der Waals surface area contributed by atoms with E-state index in [-0.39, 0.29) is 38.1 Å². The van der Waals surface area contributed by atoms with Crippen molar-refractivity contribution in [3.8, 4) is 0 Å². The molecule has 5 nitrogen and oxygen atoms in total. The minimum Gasteiger partial charge on any atom is -0.390 e. The Labute approximate surface area is 206 Å². The Morgan fingerprint density at radius 3 is 2.26 bits per heavy atom. The molecule has 0 spiro atoms. The third-order valence-electron chi connectivity index (χ3n) is 8.36. The maximum atomic E-state index is 13.9. The first-order valence-corrected chi connectivity index (χ1v) is 15.3. The molecule has 3 aliphatic rings. The van der Waals surface area contributed by atoms with Crippen molar-refractivity contribution in [3.05, 3.63) is 0 Å². The Hall–Kier alpha value is -0.310. The van der Waals surface area contributed by atoms with Gasteiger partial charge in [-0.2, -0.15) is 0 Å². The molecule has 8 atom stereocenters. The SMILES string of the molecule is CC(C)(C)CC1CCC2CCCC(NCC(O)C(CC3CC(F)CC(F)C3)NS(C)(=O)=O)C2C1. The second kappa shape index (κ2) is 11.8. The van der Waals surface area contributed by atoms with E-state index in [0.29, 0.717) is 17.4 Å². The van der Waals surface area contributed by atoms with Crippen LogP contribution in [0.1, 0.15) is 91.4 Å². The molecule has 8 unspecified atom stereocenters. The summed E-state index contributed by atoms with van der Waals surface area (Å²) in [6, 6.07) is -0.417. The lowest BCUT2D eigenvalue weighted by molar-refractivity contribution is 0.0577. The third-order valence-corrected chi connectivity index (χ3v) is 9.09. The topological polar surface area (TPSA) is 78.4 Å². The van der Waals surface area contributed by atoms with E-state index in [1.54, 1.807) is 0 Å². The van der Waals surface area contributed by atoms with Crippen molar-refractivity contribution in [1.29, 1.82) is 0 Å². The molecule has 3 rings (SSSR count). The van der Waals surface area contributed by atoms with Gasteiger partial charge in [0, 0.05) is 25.0 Å². The zero-order chi connectivity index (χ0) is 25.1. The van der Waals surface area contributed by atoms with E-state index in [1.807, 2.05) is 0 Å². The van der Waals surface area contributed by atoms with Crippen molar-refractivity contribution >= 4 is 10.0 Å². The van der Waals surface area contributed by atoms with Gasteiger partial charge in [-0.1, -0.05) is 40.0 Å². The van der Waals surface area contributed by atoms with Crippen LogP contribution in [0.3, 0.4) is 0 Å². The van der Waals surface area contributed by atoms with Crippen molar-refractivity contribution in [2.45, 2.75) is 122 Å². The van der Waals surface area contributed by atoms with Crippen LogP contribution in [0.2, 0.25) is 0 Å². The van der Waals surface area contributed by atoms with Crippen LogP contribution < -0.4 is 10.0 Å². The van der Waals surface area contributed by atoms with E-state index in [4.69, 9.17) is 0 Å². The summed E-state index contributed by atoms with van der Waals surface area (Å²) in [7, 11) is -3.56. The van der Waals surface area contributed by atoms with E-state index in [2.05, 4.69) is 30.8 Å². The molecule has 3 saturated carbocycles. The Morgan fingerprint density at radius 1 is 0.971 bits per heavy atom. The lowest BCUT2D eigenvalue weighted by atomic mass is 9.63. The predicted octanol–water partition coefficient (Wildman–Crippen LogP) is 4.74. The highest BCUT2D eigenvalue weighted by molar-refractivity contribution is 7.88. The average Bonchev–Trinajstić information content (AvgIpc) is 2.68. The Bertz CT molecular complexity index is 735. The largest absolute Gasteiger partial charge is 0.390 e. The molecule has 8 heteroatoms. The second-order valence-corrected chi connectivity index (χ2v) is 14.7. The molecule has 0 heterocycles. The summed E-state index contributed by atoms with van der Waals surface area (Å²) in [5, 5.41) is 14.6. The van der Waals surface area contributed by atoms with Gasteiger partial charge in [-0.05, 0) is 74.0 Å². The zero-order valence-corrected chi connectivity index (χ0v) is 22.4. The highest BCUT2D eigenvalue weighted by Crippen LogP contribution is 2.45. The molecule has 3 aliphatic carbocycles. The molecule has 3 N–H and O–H groups in total. The minimum absolute atomic E-state index is 0.0782. The van der Waals surface area contributed by atoms with Crippen LogP contribution in [0, 0.1) is 29.1 Å². The molecule has 0 aromatic rings. The molecular formula is C26H48F2N2O3S. The van der Waals surface area contributed by atoms with Gasteiger partial charge >= 0.3 is 0 Å². The molecule has 0 amide bonds. The van der Waals surface area contributed by atoms with Gasteiger partial charge in [0.05, 0.1) is 12.4 Å². The fourth-order valence-electron chi connectivity index (χ4n) is 7.14. The molecule has 0 aromatic carbocycles. The van der Waals surface area contributed by atoms with Crippen molar-refractivity contribution in [3.63, 3.8) is 0 Å². The van der Waals surface area contributed by atoms with Gasteiger partial charge in [0.1, 0.15) is 12.3 Å². The third kappa shape index (κ3) is 8.97. The zero-order valence-electron chi connectivity index (χ0n) is 21.6. The van der Waals surface area contributed by atoms with Gasteiger partial charge in [0.25, 0.3) is 0 Å². The van der Waals surface area contributed by atoms with E-state index in [9.17, 15) is 22.3 Å². The quantitative estimate of drug-likeness (QED) is 0.422. The van der Waals surface area contributed by atoms with Gasteiger partial charge in [-0.3, -0.25) is 0 Å². The summed E-state index contributed by atoms with van der Waals surface area (Å²) in [6.45, 7) is 7.21. The Morgan fingerprint density at radius 2 is 1.65 bits per heavy atom. The highest BCUT2D eigenvalue weighted by Gasteiger charge is 2.39. The highest BCUT2D eigenvalue weighted by atomic mass is 32.2. The standard InChI is InChI=1S/C26H48F2N2O3S/c1-26(2,3)15-17-8-9-19-6-5-7-23(22(19)12-17)29-16-25(31)24(30-34(4,32)33)13-18-10-20(27)14-21(28)11-18/h17-25,29-31H,5-16H2,1-4H3. The number of hydrogen-bond donors (Lipinski definition) is 3. The van der Waals surface area contributed by atoms with Crippen LogP contribution in [0.4, 0.5) is 8.78 Å². The van der Waals surface area contributed by atoms with Crippen LogP contribution >= 0.6 is 0 Å². The second-order valence-electron chi connectivity index (χ2n) is 12.9. The first kappa shape index (κ1) is 28.3. The van der Waals surface area contributed by atoms with Gasteiger partial charge in [0.2, 0.25) is 10.0 Å². The maximum absolute atomic E-state index is 13.9. The van der Waals surface area contributed by atoms with E-state index in [0.717, 1.165) is 24.5 Å². The minimum atomic E-state index is -3.56. The van der Waals surface area contributed by atoms with Crippen LogP contribution in [-0.4, -0.2) is 56.9 Å². The van der Waals surface area contributed by atoms with Gasteiger partial charge in [-0.15, -0.1) is 0 Å². The van der Waals surface area contributed by atoms with E-state index >= 15 is 0 Å². The number of alkyl halides is 2. The number of hydrogen-bond acceptors (Lipinski definition) is 4. The summed E-state index contributed by atoms with van der Waals surface area (Å²) in [5.74, 6) is 1.79. The van der Waals surface area contributed by atoms with Gasteiger partial charge in [-0.25, -0.2) is 21.9 Å². The fourth-order valence-corrected chi connectivity index (χ4v) is 7.95. The number of halogens is 2. The summed E-state index contributed by atoms with van der Waals surface area (Å²) < 4.78 is 54.3. The number of aliphatic hydroxyl groups excluding tert-OH is 1. The van der Waals surface area contributed by atoms with Gasteiger partial charge in [0.15, 0.2) is 0 Å². The van der Waals surface area contributed by atoms with Crippen molar-refractivity contribution < 1.29 is 22.3 Å². The Balaban J connectivity index is 1.60. The Kier molecular flexibility index (Phi) is 9.83. The normalized spacial score (nSPS) is 37.1. The van der Waals surface area contributed by atoms with Crippen molar-refractivity contribution in [2.24, 2.45) is 29.1 Å². The van der Waals surface area contributed by atoms with E-state index < -0.39 is 34.5 Å². The molecule has 0 saturated heterocycles. The van der Waals surface area contributed by atoms with Crippen molar-refractivity contribution in [1.82, 2.24) is 10.0 Å². The molecule has 0 aliphatic heterocycles. The molecule has 200 valence electrons. The fraction of sp³-hybridized carbons (Fsp3) is 1.00. The summed E-state index contributed by atoms with van der Waals surface area (Å²) in [5.41, 5.74) is 0.326. The van der Waals surface area contributed by atoms with Crippen LogP contribution in [0.15, 0.2) is 0 Å². The van der Waals surface area contributed by atoms with Crippen LogP contribution in [-0.2, 0) is 10.0 Å². The molecule has 3 fully saturated rings. The average molecular weight is 507 g/mol. The number of aliphatic hydroxyl groups is 1. The van der Waals surface area contributed by atoms with E-state index in [1.165, 1.54) is 38.5 Å². The summed E-state index contributed by atoms with van der Waals surface area (Å²) in [6.07, 6.45) is 6.94. The van der Waals surface area contributed by atoms with Crippen molar-refractivity contribution in [2.75, 3.05) is 12.8 Å². The van der Waals surface area contributed by atoms with Gasteiger partial charge < -0.3 is 10.4 Å². The van der Waals surface area contributed by atoms with Crippen LogP contribution in [0.5, 0.6) is 0 Å². The molecule has 0 aromatic heterocycles. The van der Waals surface area contributed by atoms with Crippen LogP contribution in [0.25, 0.3) is 0 Å². The first-order chi connectivity index (χ1) is 15.8. The monoisotopic (exact) mass is 506 g/mol.